The van der Waals surface area contributed by atoms with Gasteiger partial charge in [-0.2, -0.15) is 11.8 Å². The van der Waals surface area contributed by atoms with Crippen LogP contribution in [0.3, 0.4) is 0 Å². The molecule has 1 amide bonds. The second-order valence-corrected chi connectivity index (χ2v) is 4.85. The summed E-state index contributed by atoms with van der Waals surface area (Å²) < 4.78 is 0. The van der Waals surface area contributed by atoms with E-state index in [1.165, 1.54) is 5.56 Å². The molecule has 0 aromatic heterocycles. The van der Waals surface area contributed by atoms with Crippen LogP contribution >= 0.6 is 11.8 Å². The maximum absolute atomic E-state index is 11.7. The van der Waals surface area contributed by atoms with Crippen molar-refractivity contribution in [3.63, 3.8) is 0 Å². The van der Waals surface area contributed by atoms with Crippen LogP contribution in [0.1, 0.15) is 15.9 Å². The van der Waals surface area contributed by atoms with Gasteiger partial charge in [0.1, 0.15) is 0 Å². The number of carbonyl (C=O) groups is 1. The molecule has 2 N–H and O–H groups in total. The van der Waals surface area contributed by atoms with Crippen molar-refractivity contribution in [2.75, 3.05) is 31.6 Å². The minimum absolute atomic E-state index is 0.00309. The first-order valence-electron chi connectivity index (χ1n) is 5.78. The Balaban J connectivity index is 2.19. The van der Waals surface area contributed by atoms with Gasteiger partial charge in [0.15, 0.2) is 0 Å². The first kappa shape index (κ1) is 14.1. The van der Waals surface area contributed by atoms with Gasteiger partial charge >= 0.3 is 0 Å². The van der Waals surface area contributed by atoms with E-state index in [9.17, 15) is 4.79 Å². The zero-order valence-corrected chi connectivity index (χ0v) is 11.3. The third-order valence-corrected chi connectivity index (χ3v) is 3.00. The number of carbonyl (C=O) groups excluding carboxylic acids is 1. The molecule has 1 aromatic rings. The number of hydrogen-bond acceptors (Lipinski definition) is 3. The van der Waals surface area contributed by atoms with Gasteiger partial charge in [0.25, 0.3) is 5.91 Å². The molecule has 0 saturated carbocycles. The van der Waals surface area contributed by atoms with Crippen LogP contribution in [0, 0.1) is 6.92 Å². The Morgan fingerprint density at radius 1 is 1.18 bits per heavy atom. The van der Waals surface area contributed by atoms with Crippen molar-refractivity contribution < 1.29 is 4.79 Å². The number of thioether (sulfide) groups is 1. The van der Waals surface area contributed by atoms with E-state index >= 15 is 0 Å². The third kappa shape index (κ3) is 5.75. The van der Waals surface area contributed by atoms with Gasteiger partial charge in [-0.25, -0.2) is 0 Å². The molecule has 0 bridgehead atoms. The molecule has 0 saturated heterocycles. The fourth-order valence-electron chi connectivity index (χ4n) is 1.37. The van der Waals surface area contributed by atoms with E-state index in [-0.39, 0.29) is 5.91 Å². The van der Waals surface area contributed by atoms with Gasteiger partial charge in [-0.3, -0.25) is 4.79 Å². The Morgan fingerprint density at radius 3 is 2.53 bits per heavy atom. The molecule has 1 aromatic carbocycles. The van der Waals surface area contributed by atoms with E-state index in [0.717, 1.165) is 24.4 Å². The molecular weight excluding hydrogens is 232 g/mol. The van der Waals surface area contributed by atoms with Gasteiger partial charge in [-0.15, -0.1) is 0 Å². The highest BCUT2D eigenvalue weighted by atomic mass is 32.2. The molecular formula is C13H20N2OS. The van der Waals surface area contributed by atoms with Crippen molar-refractivity contribution in [1.82, 2.24) is 10.6 Å². The fourth-order valence-corrected chi connectivity index (χ4v) is 1.72. The highest BCUT2D eigenvalue weighted by molar-refractivity contribution is 7.98. The first-order valence-corrected chi connectivity index (χ1v) is 7.18. The molecule has 1 rings (SSSR count). The number of benzene rings is 1. The summed E-state index contributed by atoms with van der Waals surface area (Å²) in [7, 11) is 0. The summed E-state index contributed by atoms with van der Waals surface area (Å²) in [5, 5.41) is 6.15. The lowest BCUT2D eigenvalue weighted by atomic mass is 10.1. The molecule has 0 atom stereocenters. The topological polar surface area (TPSA) is 41.1 Å². The average Bonchev–Trinajstić information content (AvgIpc) is 2.34. The zero-order valence-electron chi connectivity index (χ0n) is 10.5. The zero-order chi connectivity index (χ0) is 12.5. The quantitative estimate of drug-likeness (QED) is 0.725. The smallest absolute Gasteiger partial charge is 0.251 e. The highest BCUT2D eigenvalue weighted by Crippen LogP contribution is 2.02. The molecule has 0 aliphatic carbocycles. The lowest BCUT2D eigenvalue weighted by molar-refractivity contribution is 0.0954. The van der Waals surface area contributed by atoms with Crippen molar-refractivity contribution in [3.05, 3.63) is 35.4 Å². The molecule has 3 nitrogen and oxygen atoms in total. The molecule has 0 spiro atoms. The van der Waals surface area contributed by atoms with Gasteiger partial charge < -0.3 is 10.6 Å². The number of hydrogen-bond donors (Lipinski definition) is 2. The Morgan fingerprint density at radius 2 is 1.88 bits per heavy atom. The van der Waals surface area contributed by atoms with E-state index in [0.29, 0.717) is 6.54 Å². The van der Waals surface area contributed by atoms with E-state index in [1.54, 1.807) is 0 Å². The first-order chi connectivity index (χ1) is 8.24. The molecule has 17 heavy (non-hydrogen) atoms. The largest absolute Gasteiger partial charge is 0.351 e. The highest BCUT2D eigenvalue weighted by Gasteiger charge is 2.02. The molecule has 0 aliphatic rings. The molecule has 0 aliphatic heterocycles. The summed E-state index contributed by atoms with van der Waals surface area (Å²) in [6.45, 7) is 4.48. The molecule has 0 heterocycles. The maximum Gasteiger partial charge on any atom is 0.251 e. The average molecular weight is 252 g/mol. The van der Waals surface area contributed by atoms with Crippen molar-refractivity contribution in [3.8, 4) is 0 Å². The minimum Gasteiger partial charge on any atom is -0.351 e. The monoisotopic (exact) mass is 252 g/mol. The molecule has 0 radical (unpaired) electrons. The number of nitrogens with one attached hydrogen (secondary N) is 2. The molecule has 94 valence electrons. The number of rotatable bonds is 7. The summed E-state index contributed by atoms with van der Waals surface area (Å²) in [5.74, 6) is 1.10. The second kappa shape index (κ2) is 8.14. The normalized spacial score (nSPS) is 10.2. The van der Waals surface area contributed by atoms with Crippen molar-refractivity contribution >= 4 is 17.7 Å². The molecule has 0 unspecified atom stereocenters. The Labute approximate surface area is 107 Å². The van der Waals surface area contributed by atoms with Gasteiger partial charge in [-0.05, 0) is 25.3 Å². The van der Waals surface area contributed by atoms with Gasteiger partial charge in [0.05, 0.1) is 0 Å². The lowest BCUT2D eigenvalue weighted by Gasteiger charge is -2.06. The van der Waals surface area contributed by atoms with Crippen LogP contribution in [-0.2, 0) is 0 Å². The predicted molar refractivity (Wildman–Crippen MR) is 74.8 cm³/mol. The summed E-state index contributed by atoms with van der Waals surface area (Å²) >= 11 is 1.81. The minimum atomic E-state index is -0.00309. The van der Waals surface area contributed by atoms with Crippen LogP contribution in [0.15, 0.2) is 24.3 Å². The van der Waals surface area contributed by atoms with Crippen LogP contribution in [0.25, 0.3) is 0 Å². The lowest BCUT2D eigenvalue weighted by Crippen LogP contribution is -2.32. The standard InChI is InChI=1S/C13H20N2OS/c1-11-3-5-12(6-4-11)13(16)15-8-7-14-9-10-17-2/h3-6,14H,7-10H2,1-2H3,(H,15,16). The van der Waals surface area contributed by atoms with E-state index in [2.05, 4.69) is 16.9 Å². The number of amides is 1. The van der Waals surface area contributed by atoms with Crippen LogP contribution in [0.4, 0.5) is 0 Å². The summed E-state index contributed by atoms with van der Waals surface area (Å²) in [6.07, 6.45) is 2.08. The maximum atomic E-state index is 11.7. The van der Waals surface area contributed by atoms with E-state index in [1.807, 2.05) is 43.0 Å². The van der Waals surface area contributed by atoms with Crippen LogP contribution < -0.4 is 10.6 Å². The summed E-state index contributed by atoms with van der Waals surface area (Å²) in [5.41, 5.74) is 1.89. The molecule has 0 fully saturated rings. The van der Waals surface area contributed by atoms with E-state index in [4.69, 9.17) is 0 Å². The van der Waals surface area contributed by atoms with Gasteiger partial charge in [0, 0.05) is 31.0 Å². The third-order valence-electron chi connectivity index (χ3n) is 2.38. The summed E-state index contributed by atoms with van der Waals surface area (Å²) in [4.78, 5) is 11.7. The van der Waals surface area contributed by atoms with E-state index < -0.39 is 0 Å². The SMILES string of the molecule is CSCCNCCNC(=O)c1ccc(C)cc1. The Bertz CT molecular complexity index is 338. The second-order valence-electron chi connectivity index (χ2n) is 3.86. The van der Waals surface area contributed by atoms with Crippen molar-refractivity contribution in [2.45, 2.75) is 6.92 Å². The van der Waals surface area contributed by atoms with Gasteiger partial charge in [0.2, 0.25) is 0 Å². The van der Waals surface area contributed by atoms with Crippen LogP contribution in [0.5, 0.6) is 0 Å². The fraction of sp³-hybridized carbons (Fsp3) is 0.462. The van der Waals surface area contributed by atoms with Crippen LogP contribution in [0.2, 0.25) is 0 Å². The molecule has 4 heteroatoms. The number of aryl methyl sites for hydroxylation is 1. The summed E-state index contributed by atoms with van der Waals surface area (Å²) in [6, 6.07) is 7.61. The van der Waals surface area contributed by atoms with Gasteiger partial charge in [-0.1, -0.05) is 17.7 Å². The Hall–Kier alpha value is -1.00. The predicted octanol–water partition coefficient (Wildman–Crippen LogP) is 1.68. The van der Waals surface area contributed by atoms with Crippen LogP contribution in [-0.4, -0.2) is 37.6 Å². The Kier molecular flexibility index (Phi) is 6.74. The van der Waals surface area contributed by atoms with Crippen molar-refractivity contribution in [1.29, 1.82) is 0 Å². The van der Waals surface area contributed by atoms with Crippen molar-refractivity contribution in [2.24, 2.45) is 0 Å².